The molecule has 0 radical (unpaired) electrons. The molecule has 0 bridgehead atoms. The Kier molecular flexibility index (Phi) is 12.5. The highest BCUT2D eigenvalue weighted by molar-refractivity contribution is 7.90. The number of hydrogen-bond acceptors (Lipinski definition) is 12. The molecule has 342 valence electrons. The number of hydrogen-bond donors (Lipinski definition) is 3. The number of rotatable bonds is 12. The minimum absolute atomic E-state index is 0.111. The number of nitro benzene ring substituents is 1. The molecule has 9 rings (SSSR count). The Bertz CT molecular complexity index is 2780. The number of sulfonamides is 1. The van der Waals surface area contributed by atoms with Crippen LogP contribution in [0.2, 0.25) is 5.02 Å². The fourth-order valence-electron chi connectivity index (χ4n) is 9.49. The molecule has 3 aromatic carbocycles. The lowest BCUT2D eigenvalue weighted by Crippen LogP contribution is -2.47. The molecule has 2 fully saturated rings. The number of piperazine rings is 1. The number of nitrogens with one attached hydrogen (secondary N) is 3. The van der Waals surface area contributed by atoms with Gasteiger partial charge in [0.2, 0.25) is 5.88 Å². The lowest BCUT2D eigenvalue weighted by Gasteiger charge is -2.40. The zero-order valence-corrected chi connectivity index (χ0v) is 38.6. The van der Waals surface area contributed by atoms with Crippen LogP contribution in [0, 0.1) is 28.4 Å². The normalized spacial score (nSPS) is 18.3. The minimum Gasteiger partial charge on any atom is -0.474 e. The third kappa shape index (κ3) is 9.67. The zero-order chi connectivity index (χ0) is 45.5. The molecule has 1 amide bonds. The predicted octanol–water partition coefficient (Wildman–Crippen LogP) is 8.71. The van der Waals surface area contributed by atoms with E-state index < -0.39 is 31.4 Å². The zero-order valence-electron chi connectivity index (χ0n) is 37.0. The monoisotopic (exact) mass is 922 g/mol. The highest BCUT2D eigenvalue weighted by atomic mass is 35.5. The maximum atomic E-state index is 14.3. The van der Waals surface area contributed by atoms with E-state index in [4.69, 9.17) is 26.1 Å². The summed E-state index contributed by atoms with van der Waals surface area (Å²) in [4.78, 5) is 40.1. The van der Waals surface area contributed by atoms with Crippen molar-refractivity contribution in [3.8, 4) is 5.88 Å². The Labute approximate surface area is 384 Å². The number of allylic oxidation sites excluding steroid dienone is 1. The molecule has 0 saturated carbocycles. The lowest BCUT2D eigenvalue weighted by atomic mass is 9.72. The molecule has 2 aromatic heterocycles. The van der Waals surface area contributed by atoms with Gasteiger partial charge in [0.1, 0.15) is 23.6 Å². The van der Waals surface area contributed by atoms with E-state index in [2.05, 4.69) is 57.7 Å². The molecule has 17 heteroatoms. The van der Waals surface area contributed by atoms with Gasteiger partial charge in [-0.3, -0.25) is 19.8 Å². The molecule has 3 N–H and O–H groups in total. The van der Waals surface area contributed by atoms with Crippen molar-refractivity contribution in [2.75, 3.05) is 80.8 Å². The van der Waals surface area contributed by atoms with Gasteiger partial charge in [0.15, 0.2) is 0 Å². The van der Waals surface area contributed by atoms with Gasteiger partial charge in [-0.25, -0.2) is 13.1 Å². The van der Waals surface area contributed by atoms with Gasteiger partial charge in [0, 0.05) is 80.8 Å². The summed E-state index contributed by atoms with van der Waals surface area (Å²) in [6.07, 6.45) is 6.65. The van der Waals surface area contributed by atoms with E-state index in [-0.39, 0.29) is 29.2 Å². The van der Waals surface area contributed by atoms with Crippen molar-refractivity contribution in [2.45, 2.75) is 57.8 Å². The Morgan fingerprint density at radius 1 is 0.985 bits per heavy atom. The van der Waals surface area contributed by atoms with Crippen LogP contribution in [0.25, 0.3) is 16.6 Å². The van der Waals surface area contributed by atoms with Crippen LogP contribution >= 0.6 is 11.6 Å². The van der Waals surface area contributed by atoms with Gasteiger partial charge >= 0.3 is 0 Å². The molecular formula is C48H55ClN8O7S. The fraction of sp³-hybridized carbons (Fsp3) is 0.417. The summed E-state index contributed by atoms with van der Waals surface area (Å²) >= 11 is 6.43. The van der Waals surface area contributed by atoms with Gasteiger partial charge < -0.3 is 29.6 Å². The number of anilines is 4. The quantitative estimate of drug-likeness (QED) is 0.0803. The smallest absolute Gasteiger partial charge is 0.293 e. The number of aryl methyl sites for hydroxylation is 1. The van der Waals surface area contributed by atoms with Gasteiger partial charge in [-0.05, 0) is 116 Å². The molecule has 1 aliphatic carbocycles. The molecule has 4 aliphatic rings. The molecule has 5 aromatic rings. The third-order valence-corrected chi connectivity index (χ3v) is 15.1. The van der Waals surface area contributed by atoms with Crippen molar-refractivity contribution in [3.05, 3.63) is 110 Å². The van der Waals surface area contributed by atoms with E-state index in [1.54, 1.807) is 12.3 Å². The van der Waals surface area contributed by atoms with E-state index in [1.807, 2.05) is 35.2 Å². The number of carbonyl (C=O) groups is 1. The number of benzene rings is 3. The molecule has 15 nitrogen and oxygen atoms in total. The standard InChI is InChI=1S/C48H55ClN8O7S/c1-31-24-33(4-8-40(31)49)39-28-48(2,3)14-10-35(39)30-54-16-18-55(19-17-54)36-5-7-38(42(26-36)56-20-23-64-47-44(56)25-34-11-15-50-45(34)52-47)46(58)53-65(61,62)37-6-9-41(43(27-37)57(59)60)51-29-32-12-21-63-22-13-32/h4-9,11,15,24-27,32,51H,10,12-14,16-23,28-30H2,1-3H3,(H,50,52)(H,53,58). The first-order valence-corrected chi connectivity index (χ1v) is 24.2. The van der Waals surface area contributed by atoms with Crippen molar-refractivity contribution < 1.29 is 27.6 Å². The summed E-state index contributed by atoms with van der Waals surface area (Å²) in [6.45, 7) is 13.2. The summed E-state index contributed by atoms with van der Waals surface area (Å²) in [7, 11) is -4.56. The SMILES string of the molecule is Cc1cc(C2=C(CN3CCN(c4ccc(C(=O)NS(=O)(=O)c5ccc(NCC6CCOCC6)c([N+](=O)[O-])c5)c(N5CCOc6nc7[nH]ccc7cc65)c4)CC3)CCC(C)(C)C2)ccc1Cl. The van der Waals surface area contributed by atoms with Crippen LogP contribution in [0.5, 0.6) is 5.88 Å². The third-order valence-electron chi connectivity index (χ3n) is 13.3. The largest absolute Gasteiger partial charge is 0.474 e. The van der Waals surface area contributed by atoms with Crippen LogP contribution < -0.4 is 24.6 Å². The number of nitrogens with zero attached hydrogens (tertiary/aromatic N) is 5. The van der Waals surface area contributed by atoms with Crippen molar-refractivity contribution >= 4 is 72.6 Å². The molecule has 5 heterocycles. The summed E-state index contributed by atoms with van der Waals surface area (Å²) in [5.41, 5.74) is 8.03. The van der Waals surface area contributed by atoms with E-state index in [9.17, 15) is 23.3 Å². The van der Waals surface area contributed by atoms with Crippen LogP contribution in [-0.2, 0) is 14.8 Å². The van der Waals surface area contributed by atoms with E-state index in [0.29, 0.717) is 49.2 Å². The second kappa shape index (κ2) is 18.3. The van der Waals surface area contributed by atoms with Crippen molar-refractivity contribution in [2.24, 2.45) is 11.3 Å². The molecular weight excluding hydrogens is 868 g/mol. The van der Waals surface area contributed by atoms with Gasteiger partial charge in [-0.15, -0.1) is 0 Å². The first-order chi connectivity index (χ1) is 31.2. The summed E-state index contributed by atoms with van der Waals surface area (Å²) in [6, 6.07) is 19.3. The second-order valence-corrected chi connectivity index (χ2v) is 20.5. The average molecular weight is 924 g/mol. The number of ether oxygens (including phenoxy) is 2. The first kappa shape index (κ1) is 44.5. The highest BCUT2D eigenvalue weighted by Gasteiger charge is 2.32. The van der Waals surface area contributed by atoms with Gasteiger partial charge in [-0.1, -0.05) is 43.2 Å². The summed E-state index contributed by atoms with van der Waals surface area (Å²) < 4.78 is 41.5. The van der Waals surface area contributed by atoms with E-state index in [1.165, 1.54) is 28.8 Å². The Hall–Kier alpha value is -5.68. The lowest BCUT2D eigenvalue weighted by molar-refractivity contribution is -0.384. The van der Waals surface area contributed by atoms with Crippen LogP contribution in [0.3, 0.4) is 0 Å². The van der Waals surface area contributed by atoms with Crippen molar-refractivity contribution in [1.29, 1.82) is 0 Å². The van der Waals surface area contributed by atoms with Crippen LogP contribution in [0.15, 0.2) is 83.4 Å². The molecule has 2 saturated heterocycles. The predicted molar refractivity (Wildman–Crippen MR) is 254 cm³/mol. The van der Waals surface area contributed by atoms with Gasteiger partial charge in [-0.2, -0.15) is 4.98 Å². The fourth-order valence-corrected chi connectivity index (χ4v) is 10.6. The Morgan fingerprint density at radius 2 is 1.78 bits per heavy atom. The molecule has 0 atom stereocenters. The number of fused-ring (bicyclic) bond motifs is 2. The maximum Gasteiger partial charge on any atom is 0.293 e. The van der Waals surface area contributed by atoms with Crippen molar-refractivity contribution in [1.82, 2.24) is 19.6 Å². The number of aromatic nitrogens is 2. The molecule has 0 spiro atoms. The Morgan fingerprint density at radius 3 is 2.55 bits per heavy atom. The molecule has 65 heavy (non-hydrogen) atoms. The van der Waals surface area contributed by atoms with Crippen molar-refractivity contribution in [3.63, 3.8) is 0 Å². The number of halogens is 1. The number of nitro groups is 1. The number of amides is 1. The first-order valence-electron chi connectivity index (χ1n) is 22.4. The van der Waals surface area contributed by atoms with E-state index in [0.717, 1.165) is 92.6 Å². The summed E-state index contributed by atoms with van der Waals surface area (Å²) in [5.74, 6) is -0.216. The summed E-state index contributed by atoms with van der Waals surface area (Å²) in [5, 5.41) is 16.9. The van der Waals surface area contributed by atoms with Crippen LogP contribution in [0.1, 0.15) is 67.4 Å². The Balaban J connectivity index is 0.976. The van der Waals surface area contributed by atoms with Crippen LogP contribution in [0.4, 0.5) is 28.4 Å². The molecule has 3 aliphatic heterocycles. The second-order valence-electron chi connectivity index (χ2n) is 18.4. The minimum atomic E-state index is -4.56. The maximum absolute atomic E-state index is 14.3. The average Bonchev–Trinajstić information content (AvgIpc) is 3.76. The number of carbonyl (C=O) groups excluding carboxylic acids is 1. The van der Waals surface area contributed by atoms with Gasteiger partial charge in [0.05, 0.1) is 27.6 Å². The highest BCUT2D eigenvalue weighted by Crippen LogP contribution is 2.44. The van der Waals surface area contributed by atoms with E-state index >= 15 is 0 Å². The number of pyridine rings is 1. The molecule has 0 unspecified atom stereocenters. The number of aromatic amines is 1. The topological polar surface area (TPSA) is 175 Å². The number of H-pyrrole nitrogens is 1. The van der Waals surface area contributed by atoms with Gasteiger partial charge in [0.25, 0.3) is 21.6 Å². The van der Waals surface area contributed by atoms with Crippen LogP contribution in [-0.4, -0.2) is 99.8 Å².